The molecule has 0 radical (unpaired) electrons. The Morgan fingerprint density at radius 3 is 1.60 bits per heavy atom. The van der Waals surface area contributed by atoms with Gasteiger partial charge in [-0.3, -0.25) is 0 Å². The lowest BCUT2D eigenvalue weighted by Crippen LogP contribution is -2.07. The fraction of sp³-hybridized carbons (Fsp3) is 0.333. The van der Waals surface area contributed by atoms with Gasteiger partial charge in [-0.05, 0) is 18.4 Å². The highest BCUT2D eigenvalue weighted by Gasteiger charge is 2.24. The van der Waals surface area contributed by atoms with Crippen molar-refractivity contribution in [3.8, 4) is 0 Å². The molecule has 1 aromatic rings. The van der Waals surface area contributed by atoms with Crippen molar-refractivity contribution >= 4 is 11.8 Å². The molecule has 0 amide bonds. The van der Waals surface area contributed by atoms with Gasteiger partial charge in [-0.25, -0.2) is 22.0 Å². The first-order valence-corrected chi connectivity index (χ1v) is 5.39. The molecule has 0 fully saturated rings. The standard InChI is InChI=1S/C9H7F5S/c1-15-3-2-4-5(10)7(12)9(14)8(13)6(4)11/h2-3H2,1H3. The van der Waals surface area contributed by atoms with E-state index < -0.39 is 34.6 Å². The van der Waals surface area contributed by atoms with E-state index in [4.69, 9.17) is 0 Å². The average Bonchev–Trinajstić information content (AvgIpc) is 2.24. The van der Waals surface area contributed by atoms with E-state index in [0.717, 1.165) is 0 Å². The van der Waals surface area contributed by atoms with Crippen molar-refractivity contribution in [2.75, 3.05) is 12.0 Å². The zero-order valence-corrected chi connectivity index (χ0v) is 8.53. The highest BCUT2D eigenvalue weighted by Crippen LogP contribution is 2.23. The lowest BCUT2D eigenvalue weighted by Gasteiger charge is -2.06. The smallest absolute Gasteiger partial charge is 0.200 e. The number of rotatable bonds is 3. The van der Waals surface area contributed by atoms with E-state index in [1.165, 1.54) is 11.8 Å². The Bertz CT molecular complexity index is 348. The topological polar surface area (TPSA) is 0 Å². The summed E-state index contributed by atoms with van der Waals surface area (Å²) in [7, 11) is 0. The maximum atomic E-state index is 13.0. The van der Waals surface area contributed by atoms with E-state index in [9.17, 15) is 22.0 Å². The van der Waals surface area contributed by atoms with E-state index in [0.29, 0.717) is 5.75 Å². The Balaban J connectivity index is 3.26. The third-order valence-corrected chi connectivity index (χ3v) is 2.47. The van der Waals surface area contributed by atoms with E-state index in [-0.39, 0.29) is 6.42 Å². The SMILES string of the molecule is CSCCc1c(F)c(F)c(F)c(F)c1F. The molecule has 0 unspecified atom stereocenters. The van der Waals surface area contributed by atoms with Gasteiger partial charge in [-0.15, -0.1) is 0 Å². The summed E-state index contributed by atoms with van der Waals surface area (Å²) in [6.07, 6.45) is 1.49. The van der Waals surface area contributed by atoms with Gasteiger partial charge in [-0.2, -0.15) is 11.8 Å². The second kappa shape index (κ2) is 4.83. The molecule has 1 rings (SSSR count). The maximum absolute atomic E-state index is 13.0. The molecule has 6 heteroatoms. The van der Waals surface area contributed by atoms with Gasteiger partial charge in [-0.1, -0.05) is 0 Å². The summed E-state index contributed by atoms with van der Waals surface area (Å²) in [4.78, 5) is 0. The molecule has 0 spiro atoms. The van der Waals surface area contributed by atoms with Crippen LogP contribution >= 0.6 is 11.8 Å². The molecule has 0 N–H and O–H groups in total. The van der Waals surface area contributed by atoms with Crippen LogP contribution < -0.4 is 0 Å². The molecule has 0 saturated heterocycles. The Morgan fingerprint density at radius 1 is 0.800 bits per heavy atom. The van der Waals surface area contributed by atoms with Crippen molar-refractivity contribution in [3.63, 3.8) is 0 Å². The Kier molecular flexibility index (Phi) is 3.96. The average molecular weight is 242 g/mol. The van der Waals surface area contributed by atoms with Crippen molar-refractivity contribution in [1.82, 2.24) is 0 Å². The molecule has 0 atom stereocenters. The molecule has 1 aromatic carbocycles. The molecule has 0 aromatic heterocycles. The van der Waals surface area contributed by atoms with Gasteiger partial charge in [0, 0.05) is 5.56 Å². The molecule has 84 valence electrons. The molecule has 0 saturated carbocycles. The predicted molar refractivity (Wildman–Crippen MR) is 48.3 cm³/mol. The Hall–Kier alpha value is -0.780. The van der Waals surface area contributed by atoms with Crippen LogP contribution in [0.15, 0.2) is 0 Å². The van der Waals surface area contributed by atoms with Crippen LogP contribution in [-0.4, -0.2) is 12.0 Å². The fourth-order valence-electron chi connectivity index (χ4n) is 1.07. The highest BCUT2D eigenvalue weighted by molar-refractivity contribution is 7.98. The quantitative estimate of drug-likeness (QED) is 0.445. The van der Waals surface area contributed by atoms with Gasteiger partial charge < -0.3 is 0 Å². The summed E-state index contributed by atoms with van der Waals surface area (Å²) in [5.74, 6) is -9.06. The molecule has 0 aliphatic carbocycles. The minimum Gasteiger partial charge on any atom is -0.203 e. The van der Waals surface area contributed by atoms with Crippen LogP contribution in [0.1, 0.15) is 5.56 Å². The lowest BCUT2D eigenvalue weighted by atomic mass is 10.1. The lowest BCUT2D eigenvalue weighted by molar-refractivity contribution is 0.371. The first-order chi connectivity index (χ1) is 7.00. The zero-order chi connectivity index (χ0) is 11.6. The largest absolute Gasteiger partial charge is 0.203 e. The van der Waals surface area contributed by atoms with E-state index in [1.54, 1.807) is 6.26 Å². The summed E-state index contributed by atoms with van der Waals surface area (Å²) in [5, 5.41) is 0. The number of halogens is 5. The minimum absolute atomic E-state index is 0.188. The Labute approximate surface area is 87.5 Å². The van der Waals surface area contributed by atoms with Gasteiger partial charge in [0.25, 0.3) is 0 Å². The summed E-state index contributed by atoms with van der Waals surface area (Å²) in [6, 6.07) is 0. The minimum atomic E-state index is -2.11. The maximum Gasteiger partial charge on any atom is 0.200 e. The van der Waals surface area contributed by atoms with Crippen LogP contribution in [0.3, 0.4) is 0 Å². The van der Waals surface area contributed by atoms with Crippen LogP contribution in [0.4, 0.5) is 22.0 Å². The van der Waals surface area contributed by atoms with E-state index >= 15 is 0 Å². The first kappa shape index (κ1) is 12.3. The third-order valence-electron chi connectivity index (χ3n) is 1.86. The number of benzene rings is 1. The van der Waals surface area contributed by atoms with E-state index in [2.05, 4.69) is 0 Å². The molecule has 0 bridgehead atoms. The molecular weight excluding hydrogens is 235 g/mol. The number of hydrogen-bond acceptors (Lipinski definition) is 1. The Morgan fingerprint density at radius 2 is 1.20 bits per heavy atom. The highest BCUT2D eigenvalue weighted by atomic mass is 32.2. The van der Waals surface area contributed by atoms with Crippen LogP contribution in [0.5, 0.6) is 0 Å². The van der Waals surface area contributed by atoms with Crippen LogP contribution in [-0.2, 0) is 6.42 Å². The van der Waals surface area contributed by atoms with Crippen LogP contribution in [0.2, 0.25) is 0 Å². The van der Waals surface area contributed by atoms with Crippen LogP contribution in [0.25, 0.3) is 0 Å². The molecule has 0 aliphatic rings. The summed E-state index contributed by atoms with van der Waals surface area (Å²) >= 11 is 1.26. The van der Waals surface area contributed by atoms with Gasteiger partial charge >= 0.3 is 0 Å². The van der Waals surface area contributed by atoms with Crippen molar-refractivity contribution in [1.29, 1.82) is 0 Å². The summed E-state index contributed by atoms with van der Waals surface area (Å²) in [6.45, 7) is 0. The van der Waals surface area contributed by atoms with Gasteiger partial charge in [0.2, 0.25) is 5.82 Å². The van der Waals surface area contributed by atoms with Gasteiger partial charge in [0.1, 0.15) is 0 Å². The van der Waals surface area contributed by atoms with Crippen molar-refractivity contribution in [2.24, 2.45) is 0 Å². The second-order valence-corrected chi connectivity index (χ2v) is 3.78. The molecule has 0 heterocycles. The van der Waals surface area contributed by atoms with Crippen molar-refractivity contribution < 1.29 is 22.0 Å². The molecule has 0 nitrogen and oxygen atoms in total. The normalized spacial score (nSPS) is 10.8. The van der Waals surface area contributed by atoms with Crippen molar-refractivity contribution in [3.05, 3.63) is 34.6 Å². The van der Waals surface area contributed by atoms with Gasteiger partial charge in [0.15, 0.2) is 23.3 Å². The monoisotopic (exact) mass is 242 g/mol. The van der Waals surface area contributed by atoms with Gasteiger partial charge in [0.05, 0.1) is 0 Å². The molecule has 15 heavy (non-hydrogen) atoms. The second-order valence-electron chi connectivity index (χ2n) is 2.79. The van der Waals surface area contributed by atoms with Crippen molar-refractivity contribution in [2.45, 2.75) is 6.42 Å². The zero-order valence-electron chi connectivity index (χ0n) is 7.71. The van der Waals surface area contributed by atoms with E-state index in [1.807, 2.05) is 0 Å². The summed E-state index contributed by atoms with van der Waals surface area (Å²) < 4.78 is 63.9. The van der Waals surface area contributed by atoms with Crippen LogP contribution in [0, 0.1) is 29.1 Å². The first-order valence-electron chi connectivity index (χ1n) is 4.00. The molecular formula is C9H7F5S. The number of thioether (sulfide) groups is 1. The predicted octanol–water partition coefficient (Wildman–Crippen LogP) is 3.29. The number of hydrogen-bond donors (Lipinski definition) is 0. The third kappa shape index (κ3) is 2.25. The fourth-order valence-corrected chi connectivity index (χ4v) is 1.48. The molecule has 0 aliphatic heterocycles. The summed E-state index contributed by atoms with van der Waals surface area (Å²) in [5.41, 5.74) is -0.749.